The second kappa shape index (κ2) is 8.93. The van der Waals surface area contributed by atoms with Crippen molar-refractivity contribution in [2.24, 2.45) is 0 Å². The lowest BCUT2D eigenvalue weighted by Gasteiger charge is -2.16. The van der Waals surface area contributed by atoms with E-state index >= 15 is 0 Å². The second-order valence-corrected chi connectivity index (χ2v) is 7.13. The minimum absolute atomic E-state index is 0.0270. The first-order chi connectivity index (χ1) is 15.5. The van der Waals surface area contributed by atoms with E-state index in [2.05, 4.69) is 5.32 Å². The number of carbonyl (C=O) groups excluding carboxylic acids is 2. The minimum atomic E-state index is -0.476. The van der Waals surface area contributed by atoms with Crippen LogP contribution < -0.4 is 14.8 Å². The van der Waals surface area contributed by atoms with E-state index in [-0.39, 0.29) is 23.6 Å². The van der Waals surface area contributed by atoms with E-state index in [4.69, 9.17) is 9.47 Å². The van der Waals surface area contributed by atoms with Crippen molar-refractivity contribution in [2.45, 2.75) is 6.54 Å². The van der Waals surface area contributed by atoms with Gasteiger partial charge >= 0.3 is 0 Å². The molecule has 0 spiro atoms. The lowest BCUT2D eigenvalue weighted by atomic mass is 10.0. The molecule has 0 aliphatic carbocycles. The van der Waals surface area contributed by atoms with Crippen LogP contribution >= 0.6 is 0 Å². The van der Waals surface area contributed by atoms with E-state index < -0.39 is 11.8 Å². The predicted molar refractivity (Wildman–Crippen MR) is 118 cm³/mol. The molecule has 6 nitrogen and oxygen atoms in total. The maximum atomic E-state index is 13.3. The molecule has 162 valence electrons. The molecule has 7 heteroatoms. The fourth-order valence-corrected chi connectivity index (χ4v) is 3.52. The number of rotatable bonds is 7. The average molecular weight is 432 g/mol. The number of anilines is 1. The summed E-state index contributed by atoms with van der Waals surface area (Å²) in [6.45, 7) is 0.0270. The second-order valence-electron chi connectivity index (χ2n) is 7.13. The molecular weight excluding hydrogens is 411 g/mol. The molecule has 1 heterocycles. The highest BCUT2D eigenvalue weighted by molar-refractivity contribution is 6.36. The number of methoxy groups -OCH3 is 2. The molecule has 3 aromatic carbocycles. The highest BCUT2D eigenvalue weighted by Crippen LogP contribution is 2.35. The lowest BCUT2D eigenvalue weighted by molar-refractivity contribution is -0.137. The summed E-state index contributed by atoms with van der Waals surface area (Å²) in [6.07, 6.45) is 0. The van der Waals surface area contributed by atoms with Crippen LogP contribution in [0.1, 0.15) is 11.1 Å². The number of halogens is 1. The van der Waals surface area contributed by atoms with Crippen LogP contribution in [-0.2, 0) is 16.1 Å². The van der Waals surface area contributed by atoms with Gasteiger partial charge < -0.3 is 14.8 Å². The number of imide groups is 1. The Morgan fingerprint density at radius 1 is 0.875 bits per heavy atom. The van der Waals surface area contributed by atoms with Gasteiger partial charge in [0.15, 0.2) is 0 Å². The van der Waals surface area contributed by atoms with Crippen LogP contribution in [0.3, 0.4) is 0 Å². The SMILES string of the molecule is COc1ccc(NC2=C(c3ccccc3)C(=O)N(Cc3ccc(F)cc3)C2=O)c(OC)c1. The number of hydrogen-bond donors (Lipinski definition) is 1. The monoisotopic (exact) mass is 432 g/mol. The van der Waals surface area contributed by atoms with Gasteiger partial charge in [0, 0.05) is 6.07 Å². The summed E-state index contributed by atoms with van der Waals surface area (Å²) < 4.78 is 23.9. The molecule has 2 amide bonds. The Balaban J connectivity index is 1.74. The Bertz CT molecular complexity index is 1190. The maximum Gasteiger partial charge on any atom is 0.278 e. The Hall–Kier alpha value is -4.13. The van der Waals surface area contributed by atoms with Gasteiger partial charge in [-0.15, -0.1) is 0 Å². The average Bonchev–Trinajstić information content (AvgIpc) is 3.05. The Morgan fingerprint density at radius 3 is 2.25 bits per heavy atom. The summed E-state index contributed by atoms with van der Waals surface area (Å²) in [5, 5.41) is 3.09. The first kappa shape index (κ1) is 21.1. The highest BCUT2D eigenvalue weighted by atomic mass is 19.1. The fraction of sp³-hybridized carbons (Fsp3) is 0.120. The standard InChI is InChI=1S/C25H21FN2O4/c1-31-19-12-13-20(21(14-19)32-2)27-23-22(17-6-4-3-5-7-17)24(29)28(25(23)30)15-16-8-10-18(26)11-9-16/h3-14,27H,15H2,1-2H3. The van der Waals surface area contributed by atoms with Crippen LogP contribution in [0.5, 0.6) is 11.5 Å². The summed E-state index contributed by atoms with van der Waals surface area (Å²) in [5.41, 5.74) is 2.18. The molecule has 0 unspecified atom stereocenters. The molecule has 1 aliphatic heterocycles. The van der Waals surface area contributed by atoms with E-state index in [1.165, 1.54) is 19.2 Å². The van der Waals surface area contributed by atoms with Gasteiger partial charge in [0.05, 0.1) is 32.0 Å². The molecular formula is C25H21FN2O4. The van der Waals surface area contributed by atoms with Gasteiger partial charge in [-0.2, -0.15) is 0 Å². The van der Waals surface area contributed by atoms with Gasteiger partial charge in [-0.25, -0.2) is 4.39 Å². The molecule has 0 atom stereocenters. The molecule has 0 bridgehead atoms. The number of nitrogens with one attached hydrogen (secondary N) is 1. The van der Waals surface area contributed by atoms with Crippen molar-refractivity contribution < 1.29 is 23.5 Å². The van der Waals surface area contributed by atoms with E-state index in [0.29, 0.717) is 28.3 Å². The summed E-state index contributed by atoms with van der Waals surface area (Å²) in [5.74, 6) is -0.237. The molecule has 1 N–H and O–H groups in total. The van der Waals surface area contributed by atoms with Crippen molar-refractivity contribution in [3.05, 3.63) is 95.4 Å². The van der Waals surface area contributed by atoms with Crippen LogP contribution in [0, 0.1) is 5.82 Å². The molecule has 0 fully saturated rings. The van der Waals surface area contributed by atoms with Gasteiger partial charge in [-0.3, -0.25) is 14.5 Å². The number of hydrogen-bond acceptors (Lipinski definition) is 5. The number of benzene rings is 3. The van der Waals surface area contributed by atoms with Crippen LogP contribution in [0.2, 0.25) is 0 Å². The number of ether oxygens (including phenoxy) is 2. The van der Waals surface area contributed by atoms with E-state index in [0.717, 1.165) is 4.90 Å². The largest absolute Gasteiger partial charge is 0.497 e. The maximum absolute atomic E-state index is 13.3. The van der Waals surface area contributed by atoms with Gasteiger partial charge in [-0.05, 0) is 35.4 Å². The molecule has 3 aromatic rings. The summed E-state index contributed by atoms with van der Waals surface area (Å²) in [7, 11) is 3.05. The topological polar surface area (TPSA) is 67.9 Å². The zero-order valence-electron chi connectivity index (χ0n) is 17.6. The van der Waals surface area contributed by atoms with E-state index in [1.54, 1.807) is 61.7 Å². The van der Waals surface area contributed by atoms with Crippen molar-refractivity contribution >= 4 is 23.1 Å². The number of carbonyl (C=O) groups is 2. The van der Waals surface area contributed by atoms with Gasteiger partial charge in [0.2, 0.25) is 0 Å². The van der Waals surface area contributed by atoms with Crippen LogP contribution in [0.4, 0.5) is 10.1 Å². The summed E-state index contributed by atoms with van der Waals surface area (Å²) in [6, 6.07) is 19.8. The normalized spacial score (nSPS) is 13.5. The lowest BCUT2D eigenvalue weighted by Crippen LogP contribution is -2.32. The quantitative estimate of drug-likeness (QED) is 0.566. The van der Waals surface area contributed by atoms with Crippen LogP contribution in [0.25, 0.3) is 5.57 Å². The molecule has 0 aromatic heterocycles. The van der Waals surface area contributed by atoms with Crippen molar-refractivity contribution in [1.29, 1.82) is 0 Å². The predicted octanol–water partition coefficient (Wildman–Crippen LogP) is 4.24. The smallest absolute Gasteiger partial charge is 0.278 e. The minimum Gasteiger partial charge on any atom is -0.497 e. The zero-order valence-corrected chi connectivity index (χ0v) is 17.6. The third-order valence-electron chi connectivity index (χ3n) is 5.15. The summed E-state index contributed by atoms with van der Waals surface area (Å²) in [4.78, 5) is 27.8. The molecule has 0 saturated heterocycles. The van der Waals surface area contributed by atoms with Crippen molar-refractivity contribution in [3.8, 4) is 11.5 Å². The molecule has 0 saturated carbocycles. The van der Waals surface area contributed by atoms with Crippen molar-refractivity contribution in [1.82, 2.24) is 4.90 Å². The summed E-state index contributed by atoms with van der Waals surface area (Å²) >= 11 is 0. The number of nitrogens with zero attached hydrogens (tertiary/aromatic N) is 1. The Labute approximate surface area is 184 Å². The Kier molecular flexibility index (Phi) is 5.89. The molecule has 1 aliphatic rings. The van der Waals surface area contributed by atoms with Gasteiger partial charge in [0.25, 0.3) is 11.8 Å². The first-order valence-electron chi connectivity index (χ1n) is 9.91. The molecule has 32 heavy (non-hydrogen) atoms. The fourth-order valence-electron chi connectivity index (χ4n) is 3.52. The van der Waals surface area contributed by atoms with Crippen molar-refractivity contribution in [2.75, 3.05) is 19.5 Å². The molecule has 0 radical (unpaired) electrons. The van der Waals surface area contributed by atoms with Crippen LogP contribution in [0.15, 0.2) is 78.5 Å². The zero-order chi connectivity index (χ0) is 22.7. The highest BCUT2D eigenvalue weighted by Gasteiger charge is 2.39. The van der Waals surface area contributed by atoms with Gasteiger partial charge in [-0.1, -0.05) is 42.5 Å². The number of amides is 2. The van der Waals surface area contributed by atoms with Crippen LogP contribution in [-0.4, -0.2) is 30.9 Å². The van der Waals surface area contributed by atoms with E-state index in [9.17, 15) is 14.0 Å². The third-order valence-corrected chi connectivity index (χ3v) is 5.15. The Morgan fingerprint density at radius 2 is 1.59 bits per heavy atom. The third kappa shape index (κ3) is 4.05. The molecule has 4 rings (SSSR count). The first-order valence-corrected chi connectivity index (χ1v) is 9.91. The van der Waals surface area contributed by atoms with E-state index in [1.807, 2.05) is 6.07 Å². The van der Waals surface area contributed by atoms with Crippen molar-refractivity contribution in [3.63, 3.8) is 0 Å². The van der Waals surface area contributed by atoms with Gasteiger partial charge in [0.1, 0.15) is 23.0 Å².